The average molecular weight is 194 g/mol. The predicted octanol–water partition coefficient (Wildman–Crippen LogP) is -0.900. The maximum Gasteiger partial charge on any atom is 0.185 e. The average Bonchev–Trinajstić information content (AvgIpc) is 2.11. The van der Waals surface area contributed by atoms with Crippen LogP contribution in [0.25, 0.3) is 0 Å². The third-order valence-corrected chi connectivity index (χ3v) is 1.59. The van der Waals surface area contributed by atoms with Gasteiger partial charge in [0.2, 0.25) is 0 Å². The van der Waals surface area contributed by atoms with Crippen LogP contribution in [0, 0.1) is 0 Å². The molecule has 5 nitrogen and oxygen atoms in total. The Bertz CT molecular complexity index is 117. The first kappa shape index (κ1) is 12.8. The van der Waals surface area contributed by atoms with E-state index in [1.807, 2.05) is 0 Å². The van der Waals surface area contributed by atoms with Gasteiger partial charge in [0.05, 0.1) is 12.7 Å². The molecule has 0 aliphatic carbocycles. The summed E-state index contributed by atoms with van der Waals surface area (Å²) in [6, 6.07) is 0. The van der Waals surface area contributed by atoms with Crippen LogP contribution >= 0.6 is 0 Å². The van der Waals surface area contributed by atoms with Crippen molar-refractivity contribution in [1.29, 1.82) is 0 Å². The lowest BCUT2D eigenvalue weighted by Gasteiger charge is -2.23. The molecule has 3 N–H and O–H groups in total. The molecule has 0 fully saturated rings. The van der Waals surface area contributed by atoms with Crippen LogP contribution in [0.2, 0.25) is 0 Å². The van der Waals surface area contributed by atoms with Gasteiger partial charge in [0, 0.05) is 13.7 Å². The van der Waals surface area contributed by atoms with Gasteiger partial charge in [-0.1, -0.05) is 0 Å². The molecule has 0 aromatic heterocycles. The Morgan fingerprint density at radius 2 is 1.92 bits per heavy atom. The molecule has 0 aliphatic heterocycles. The summed E-state index contributed by atoms with van der Waals surface area (Å²) in [5.74, 6) is 0. The predicted molar refractivity (Wildman–Crippen MR) is 46.1 cm³/mol. The summed E-state index contributed by atoms with van der Waals surface area (Å²) in [6.45, 7) is 1.77. The summed E-state index contributed by atoms with van der Waals surface area (Å²) >= 11 is 0. The Kier molecular flexibility index (Phi) is 7.12. The van der Waals surface area contributed by atoms with Crippen molar-refractivity contribution in [1.82, 2.24) is 0 Å². The largest absolute Gasteiger partial charge is 0.396 e. The number of hydrogen-bond donors (Lipinski definition) is 3. The van der Waals surface area contributed by atoms with E-state index in [2.05, 4.69) is 0 Å². The molecule has 0 bridgehead atoms. The first-order valence-corrected chi connectivity index (χ1v) is 4.24. The molecular formula is C8H18O5. The van der Waals surface area contributed by atoms with Crippen LogP contribution in [0.5, 0.6) is 0 Å². The van der Waals surface area contributed by atoms with Crippen LogP contribution in [0.4, 0.5) is 0 Å². The second-order valence-corrected chi connectivity index (χ2v) is 2.78. The van der Waals surface area contributed by atoms with Crippen molar-refractivity contribution < 1.29 is 24.8 Å². The zero-order valence-electron chi connectivity index (χ0n) is 8.01. The second-order valence-electron chi connectivity index (χ2n) is 2.78. The Morgan fingerprint density at radius 3 is 2.31 bits per heavy atom. The topological polar surface area (TPSA) is 79.2 Å². The van der Waals surface area contributed by atoms with E-state index in [1.54, 1.807) is 0 Å². The molecule has 0 spiro atoms. The fraction of sp³-hybridized carbons (Fsp3) is 1.00. The van der Waals surface area contributed by atoms with Crippen molar-refractivity contribution in [2.75, 3.05) is 20.3 Å². The van der Waals surface area contributed by atoms with Gasteiger partial charge in [-0.15, -0.1) is 0 Å². The van der Waals surface area contributed by atoms with Crippen molar-refractivity contribution in [2.24, 2.45) is 0 Å². The lowest BCUT2D eigenvalue weighted by atomic mass is 10.2. The van der Waals surface area contributed by atoms with Gasteiger partial charge >= 0.3 is 0 Å². The number of hydrogen-bond acceptors (Lipinski definition) is 5. The van der Waals surface area contributed by atoms with Gasteiger partial charge in [-0.3, -0.25) is 0 Å². The van der Waals surface area contributed by atoms with Crippen molar-refractivity contribution in [3.63, 3.8) is 0 Å². The first-order valence-electron chi connectivity index (χ1n) is 4.24. The van der Waals surface area contributed by atoms with Crippen LogP contribution in [-0.4, -0.2) is 54.1 Å². The quantitative estimate of drug-likeness (QED) is 0.361. The number of aliphatic hydroxyl groups excluding tert-OH is 3. The zero-order chi connectivity index (χ0) is 10.3. The molecule has 0 saturated heterocycles. The SMILES string of the molecule is CO[C@H](OCCCO)C(O)C(C)O. The Balaban J connectivity index is 3.73. The molecule has 0 radical (unpaired) electrons. The molecular weight excluding hydrogens is 176 g/mol. The summed E-state index contributed by atoms with van der Waals surface area (Å²) in [5, 5.41) is 26.8. The number of aliphatic hydroxyl groups is 3. The Morgan fingerprint density at radius 1 is 1.31 bits per heavy atom. The van der Waals surface area contributed by atoms with Crippen molar-refractivity contribution in [3.05, 3.63) is 0 Å². The molecule has 0 rings (SSSR count). The van der Waals surface area contributed by atoms with E-state index in [0.717, 1.165) is 0 Å². The van der Waals surface area contributed by atoms with Gasteiger partial charge in [0.1, 0.15) is 6.10 Å². The first-order chi connectivity index (χ1) is 6.13. The minimum atomic E-state index is -1.07. The normalized spacial score (nSPS) is 18.2. The Labute approximate surface area is 77.9 Å². The number of methoxy groups -OCH3 is 1. The van der Waals surface area contributed by atoms with Crippen LogP contribution < -0.4 is 0 Å². The summed E-state index contributed by atoms with van der Waals surface area (Å²) < 4.78 is 9.87. The molecule has 80 valence electrons. The lowest BCUT2D eigenvalue weighted by Crippen LogP contribution is -2.39. The fourth-order valence-corrected chi connectivity index (χ4v) is 0.798. The maximum atomic E-state index is 9.32. The molecule has 0 aromatic rings. The van der Waals surface area contributed by atoms with E-state index >= 15 is 0 Å². The van der Waals surface area contributed by atoms with Gasteiger partial charge < -0.3 is 24.8 Å². The lowest BCUT2D eigenvalue weighted by molar-refractivity contribution is -0.201. The third-order valence-electron chi connectivity index (χ3n) is 1.59. The van der Waals surface area contributed by atoms with Crippen LogP contribution in [-0.2, 0) is 9.47 Å². The van der Waals surface area contributed by atoms with E-state index in [1.165, 1.54) is 14.0 Å². The van der Waals surface area contributed by atoms with Gasteiger partial charge in [-0.25, -0.2) is 0 Å². The monoisotopic (exact) mass is 194 g/mol. The molecule has 2 unspecified atom stereocenters. The molecule has 5 heteroatoms. The van der Waals surface area contributed by atoms with Gasteiger partial charge in [-0.05, 0) is 13.3 Å². The van der Waals surface area contributed by atoms with Crippen molar-refractivity contribution >= 4 is 0 Å². The highest BCUT2D eigenvalue weighted by Gasteiger charge is 2.23. The Hall–Kier alpha value is -0.200. The molecule has 0 heterocycles. The second kappa shape index (κ2) is 7.23. The van der Waals surface area contributed by atoms with E-state index in [-0.39, 0.29) is 6.61 Å². The fourth-order valence-electron chi connectivity index (χ4n) is 0.798. The minimum absolute atomic E-state index is 0.0290. The highest BCUT2D eigenvalue weighted by atomic mass is 16.7. The van der Waals surface area contributed by atoms with E-state index in [4.69, 9.17) is 19.7 Å². The highest BCUT2D eigenvalue weighted by molar-refractivity contribution is 4.65. The smallest absolute Gasteiger partial charge is 0.185 e. The zero-order valence-corrected chi connectivity index (χ0v) is 8.01. The molecule has 0 saturated carbocycles. The molecule has 0 aliphatic rings. The number of rotatable bonds is 7. The summed E-state index contributed by atoms with van der Waals surface area (Å²) in [4.78, 5) is 0. The summed E-state index contributed by atoms with van der Waals surface area (Å²) in [6.07, 6.45) is -2.33. The third kappa shape index (κ3) is 5.17. The van der Waals surface area contributed by atoms with E-state index < -0.39 is 18.5 Å². The number of ether oxygens (including phenoxy) is 2. The van der Waals surface area contributed by atoms with E-state index in [0.29, 0.717) is 13.0 Å². The highest BCUT2D eigenvalue weighted by Crippen LogP contribution is 2.05. The van der Waals surface area contributed by atoms with E-state index in [9.17, 15) is 5.11 Å². The van der Waals surface area contributed by atoms with Gasteiger partial charge in [-0.2, -0.15) is 0 Å². The molecule has 3 atom stereocenters. The van der Waals surface area contributed by atoms with Crippen LogP contribution in [0.15, 0.2) is 0 Å². The standard InChI is InChI=1S/C8H18O5/c1-6(10)7(11)8(12-2)13-5-3-4-9/h6-11H,3-5H2,1-2H3/t6?,7?,8-/m1/s1. The minimum Gasteiger partial charge on any atom is -0.396 e. The van der Waals surface area contributed by atoms with Gasteiger partial charge in [0.25, 0.3) is 0 Å². The van der Waals surface area contributed by atoms with Crippen molar-refractivity contribution in [3.8, 4) is 0 Å². The summed E-state index contributed by atoms with van der Waals surface area (Å²) in [5.41, 5.74) is 0. The molecule has 0 aromatic carbocycles. The maximum absolute atomic E-state index is 9.32. The molecule has 13 heavy (non-hydrogen) atoms. The van der Waals surface area contributed by atoms with Crippen LogP contribution in [0.1, 0.15) is 13.3 Å². The molecule has 0 amide bonds. The van der Waals surface area contributed by atoms with Crippen LogP contribution in [0.3, 0.4) is 0 Å². The van der Waals surface area contributed by atoms with Gasteiger partial charge in [0.15, 0.2) is 6.29 Å². The summed E-state index contributed by atoms with van der Waals surface area (Å²) in [7, 11) is 1.38. The van der Waals surface area contributed by atoms with Crippen molar-refractivity contribution in [2.45, 2.75) is 31.8 Å².